The molecule has 0 amide bonds. The number of benzene rings is 2. The van der Waals surface area contributed by atoms with Crippen molar-refractivity contribution in [3.05, 3.63) is 58.1 Å². The average molecular weight is 326 g/mol. The molecule has 1 nitrogen and oxygen atoms in total. The molecule has 2 aromatic rings. The van der Waals surface area contributed by atoms with Crippen LogP contribution in [0.3, 0.4) is 0 Å². The van der Waals surface area contributed by atoms with Crippen molar-refractivity contribution >= 4 is 35.0 Å². The van der Waals surface area contributed by atoms with E-state index < -0.39 is 0 Å². The lowest BCUT2D eigenvalue weighted by molar-refractivity contribution is 0.675. The molecule has 0 aliphatic carbocycles. The highest BCUT2D eigenvalue weighted by molar-refractivity contribution is 7.99. The average Bonchev–Trinajstić information content (AvgIpc) is 2.44. The number of rotatable bonds is 6. The second-order valence-electron chi connectivity index (χ2n) is 4.46. The van der Waals surface area contributed by atoms with Gasteiger partial charge >= 0.3 is 0 Å². The topological polar surface area (TPSA) is 12.0 Å². The van der Waals surface area contributed by atoms with Crippen molar-refractivity contribution < 1.29 is 0 Å². The molecular weight excluding hydrogens is 309 g/mol. The van der Waals surface area contributed by atoms with Gasteiger partial charge in [0.15, 0.2) is 0 Å². The maximum Gasteiger partial charge on any atom is 0.0545 e. The van der Waals surface area contributed by atoms with Crippen molar-refractivity contribution in [1.29, 1.82) is 0 Å². The first kappa shape index (κ1) is 15.7. The van der Waals surface area contributed by atoms with Crippen LogP contribution >= 0.6 is 35.0 Å². The van der Waals surface area contributed by atoms with Gasteiger partial charge in [-0.15, -0.1) is 0 Å². The fourth-order valence-electron chi connectivity index (χ4n) is 1.79. The predicted molar refractivity (Wildman–Crippen MR) is 89.0 cm³/mol. The van der Waals surface area contributed by atoms with Gasteiger partial charge in [-0.3, -0.25) is 0 Å². The minimum atomic E-state index is 0.766. The molecule has 0 unspecified atom stereocenters. The molecule has 0 aliphatic rings. The van der Waals surface area contributed by atoms with Crippen LogP contribution in [0.1, 0.15) is 18.9 Å². The summed E-state index contributed by atoms with van der Waals surface area (Å²) in [5, 5.41) is 4.92. The smallest absolute Gasteiger partial charge is 0.0545 e. The largest absolute Gasteiger partial charge is 0.313 e. The molecule has 0 heterocycles. The van der Waals surface area contributed by atoms with Gasteiger partial charge in [0.25, 0.3) is 0 Å². The number of halogens is 2. The van der Waals surface area contributed by atoms with Gasteiger partial charge in [-0.05, 0) is 42.8 Å². The second kappa shape index (κ2) is 7.94. The first-order valence-corrected chi connectivity index (χ1v) is 8.19. The number of hydrogen-bond acceptors (Lipinski definition) is 2. The Kier molecular flexibility index (Phi) is 6.24. The Morgan fingerprint density at radius 3 is 2.55 bits per heavy atom. The van der Waals surface area contributed by atoms with Gasteiger partial charge in [0.05, 0.1) is 5.02 Å². The lowest BCUT2D eigenvalue weighted by Crippen LogP contribution is -2.13. The van der Waals surface area contributed by atoms with Gasteiger partial charge in [-0.2, -0.15) is 0 Å². The van der Waals surface area contributed by atoms with Crippen LogP contribution in [-0.2, 0) is 6.54 Å². The maximum atomic E-state index is 6.33. The fraction of sp³-hybridized carbons (Fsp3) is 0.250. The summed E-state index contributed by atoms with van der Waals surface area (Å²) >= 11 is 14.1. The monoisotopic (exact) mass is 325 g/mol. The molecule has 20 heavy (non-hydrogen) atoms. The van der Waals surface area contributed by atoms with Crippen LogP contribution in [0, 0.1) is 0 Å². The molecule has 0 saturated heterocycles. The lowest BCUT2D eigenvalue weighted by Gasteiger charge is -2.09. The summed E-state index contributed by atoms with van der Waals surface area (Å²) in [5.41, 5.74) is 1.13. The van der Waals surface area contributed by atoms with Gasteiger partial charge in [0, 0.05) is 21.4 Å². The molecule has 0 atom stereocenters. The van der Waals surface area contributed by atoms with Crippen molar-refractivity contribution in [3.8, 4) is 0 Å². The molecule has 2 rings (SSSR count). The summed E-state index contributed by atoms with van der Waals surface area (Å²) in [6.07, 6.45) is 1.12. The van der Waals surface area contributed by atoms with Gasteiger partial charge in [0.1, 0.15) is 0 Å². The summed E-state index contributed by atoms with van der Waals surface area (Å²) in [4.78, 5) is 2.14. The molecule has 4 heteroatoms. The van der Waals surface area contributed by atoms with Crippen molar-refractivity contribution in [1.82, 2.24) is 5.32 Å². The van der Waals surface area contributed by atoms with E-state index in [-0.39, 0.29) is 0 Å². The molecule has 0 aliphatic heterocycles. The van der Waals surface area contributed by atoms with E-state index >= 15 is 0 Å². The van der Waals surface area contributed by atoms with Crippen molar-refractivity contribution in [2.45, 2.75) is 29.7 Å². The van der Waals surface area contributed by atoms with E-state index in [9.17, 15) is 0 Å². The summed E-state index contributed by atoms with van der Waals surface area (Å²) in [5.74, 6) is 0. The van der Waals surface area contributed by atoms with Crippen LogP contribution < -0.4 is 5.32 Å². The van der Waals surface area contributed by atoms with Crippen LogP contribution in [0.2, 0.25) is 10.0 Å². The molecule has 0 spiro atoms. The van der Waals surface area contributed by atoms with Gasteiger partial charge < -0.3 is 5.32 Å². The number of hydrogen-bond donors (Lipinski definition) is 1. The number of nitrogens with one attached hydrogen (secondary N) is 1. The molecule has 0 aromatic heterocycles. The van der Waals surface area contributed by atoms with Gasteiger partial charge in [-0.1, -0.05) is 60.1 Å². The van der Waals surface area contributed by atoms with Crippen LogP contribution in [-0.4, -0.2) is 6.54 Å². The summed E-state index contributed by atoms with van der Waals surface area (Å²) in [7, 11) is 0. The molecule has 106 valence electrons. The second-order valence-corrected chi connectivity index (χ2v) is 6.39. The maximum absolute atomic E-state index is 6.33. The van der Waals surface area contributed by atoms with Crippen molar-refractivity contribution in [2.75, 3.05) is 6.54 Å². The summed E-state index contributed by atoms with van der Waals surface area (Å²) < 4.78 is 0. The predicted octanol–water partition coefficient (Wildman–Crippen LogP) is 5.64. The third-order valence-corrected chi connectivity index (χ3v) is 4.69. The first-order chi connectivity index (χ1) is 9.70. The summed E-state index contributed by atoms with van der Waals surface area (Å²) in [6.45, 7) is 3.97. The quantitative estimate of drug-likeness (QED) is 0.689. The third kappa shape index (κ3) is 4.42. The highest BCUT2D eigenvalue weighted by Crippen LogP contribution is 2.34. The van der Waals surface area contributed by atoms with E-state index in [4.69, 9.17) is 23.2 Å². The molecule has 0 bridgehead atoms. The van der Waals surface area contributed by atoms with E-state index in [1.54, 1.807) is 11.8 Å². The zero-order valence-corrected chi connectivity index (χ0v) is 13.7. The Morgan fingerprint density at radius 1 is 1.05 bits per heavy atom. The van der Waals surface area contributed by atoms with E-state index in [0.29, 0.717) is 0 Å². The fourth-order valence-corrected chi connectivity index (χ4v) is 3.23. The normalized spacial score (nSPS) is 10.8. The standard InChI is InChI=1S/C16H17Cl2NS/c1-2-9-19-11-12-7-8-13(10-15(12)18)20-16-6-4-3-5-14(16)17/h3-8,10,19H,2,9,11H2,1H3. The highest BCUT2D eigenvalue weighted by atomic mass is 35.5. The van der Waals surface area contributed by atoms with E-state index in [1.165, 1.54) is 0 Å². The first-order valence-electron chi connectivity index (χ1n) is 6.62. The molecule has 0 radical (unpaired) electrons. The van der Waals surface area contributed by atoms with E-state index in [0.717, 1.165) is 44.9 Å². The van der Waals surface area contributed by atoms with Crippen molar-refractivity contribution in [3.63, 3.8) is 0 Å². The Labute approximate surface area is 134 Å². The molecule has 0 fully saturated rings. The van der Waals surface area contributed by atoms with E-state index in [2.05, 4.69) is 24.4 Å². The Balaban J connectivity index is 2.07. The lowest BCUT2D eigenvalue weighted by atomic mass is 10.2. The van der Waals surface area contributed by atoms with Gasteiger partial charge in [0.2, 0.25) is 0 Å². The van der Waals surface area contributed by atoms with Crippen molar-refractivity contribution in [2.24, 2.45) is 0 Å². The third-order valence-electron chi connectivity index (χ3n) is 2.83. The molecule has 1 N–H and O–H groups in total. The summed E-state index contributed by atoms with van der Waals surface area (Å²) in [6, 6.07) is 14.0. The zero-order valence-electron chi connectivity index (χ0n) is 11.3. The van der Waals surface area contributed by atoms with E-state index in [1.807, 2.05) is 30.3 Å². The highest BCUT2D eigenvalue weighted by Gasteiger charge is 2.05. The molecular formula is C16H17Cl2NS. The van der Waals surface area contributed by atoms with Crippen LogP contribution in [0.15, 0.2) is 52.3 Å². The molecule has 0 saturated carbocycles. The molecule has 2 aromatic carbocycles. The van der Waals surface area contributed by atoms with Gasteiger partial charge in [-0.25, -0.2) is 0 Å². The SMILES string of the molecule is CCCNCc1ccc(Sc2ccccc2Cl)cc1Cl. The Morgan fingerprint density at radius 2 is 1.85 bits per heavy atom. The zero-order chi connectivity index (χ0) is 14.4. The van der Waals surface area contributed by atoms with Crippen LogP contribution in [0.5, 0.6) is 0 Å². The Bertz CT molecular complexity index is 572. The van der Waals surface area contributed by atoms with Crippen LogP contribution in [0.25, 0.3) is 0 Å². The van der Waals surface area contributed by atoms with Crippen LogP contribution in [0.4, 0.5) is 0 Å². The minimum Gasteiger partial charge on any atom is -0.313 e. The Hall–Kier alpha value is -0.670. The minimum absolute atomic E-state index is 0.766.